The lowest BCUT2D eigenvalue weighted by molar-refractivity contribution is -0.124. The number of rotatable bonds is 5. The summed E-state index contributed by atoms with van der Waals surface area (Å²) in [6, 6.07) is 16.9. The van der Waals surface area contributed by atoms with Crippen LogP contribution in [0.15, 0.2) is 59.4 Å². The zero-order valence-electron chi connectivity index (χ0n) is 16.8. The minimum Gasteiger partial charge on any atom is -0.350 e. The number of aryl methyl sites for hydroxylation is 2. The van der Waals surface area contributed by atoms with Crippen LogP contribution in [0.25, 0.3) is 16.6 Å². The molecule has 0 unspecified atom stereocenters. The van der Waals surface area contributed by atoms with Gasteiger partial charge in [0.25, 0.3) is 5.56 Å². The Morgan fingerprint density at radius 3 is 2.55 bits per heavy atom. The number of carbonyl (C=O) groups excluding carboxylic acids is 1. The van der Waals surface area contributed by atoms with Gasteiger partial charge < -0.3 is 5.32 Å². The molecule has 0 spiro atoms. The summed E-state index contributed by atoms with van der Waals surface area (Å²) >= 11 is 0. The van der Waals surface area contributed by atoms with Gasteiger partial charge in [0.1, 0.15) is 6.04 Å². The number of hydrogen-bond donors (Lipinski definition) is 1. The van der Waals surface area contributed by atoms with Crippen LogP contribution in [0, 0.1) is 13.8 Å². The molecule has 29 heavy (non-hydrogen) atoms. The summed E-state index contributed by atoms with van der Waals surface area (Å²) in [6.07, 6.45) is 0.610. The Labute approximate surface area is 168 Å². The Hall–Kier alpha value is -3.41. The molecule has 6 nitrogen and oxygen atoms in total. The highest BCUT2D eigenvalue weighted by Gasteiger charge is 2.24. The SMILES string of the molecule is CC[C@@H](C(=O)NCc1ccc(C)cc1)n1c2ccccc2c2nc(=O)cc(C)n21. The predicted molar refractivity (Wildman–Crippen MR) is 114 cm³/mol. The van der Waals surface area contributed by atoms with Gasteiger partial charge in [-0.15, -0.1) is 0 Å². The van der Waals surface area contributed by atoms with E-state index in [0.29, 0.717) is 18.6 Å². The fourth-order valence-corrected chi connectivity index (χ4v) is 3.80. The van der Waals surface area contributed by atoms with E-state index >= 15 is 0 Å². The van der Waals surface area contributed by atoms with E-state index in [1.807, 2.05) is 78.5 Å². The quantitative estimate of drug-likeness (QED) is 0.569. The Morgan fingerprint density at radius 1 is 1.10 bits per heavy atom. The van der Waals surface area contributed by atoms with Crippen molar-refractivity contribution in [3.05, 3.63) is 81.8 Å². The highest BCUT2D eigenvalue weighted by atomic mass is 16.2. The summed E-state index contributed by atoms with van der Waals surface area (Å²) in [7, 11) is 0. The average molecular weight is 388 g/mol. The van der Waals surface area contributed by atoms with Crippen LogP contribution in [0.5, 0.6) is 0 Å². The molecular weight excluding hydrogens is 364 g/mol. The number of nitrogens with zero attached hydrogens (tertiary/aromatic N) is 3. The first-order valence-corrected chi connectivity index (χ1v) is 9.82. The molecule has 0 saturated carbocycles. The number of benzene rings is 2. The topological polar surface area (TPSA) is 68.4 Å². The summed E-state index contributed by atoms with van der Waals surface area (Å²) in [6.45, 7) is 6.36. The molecule has 6 heteroatoms. The Bertz CT molecular complexity index is 1250. The average Bonchev–Trinajstić information content (AvgIpc) is 3.03. The fourth-order valence-electron chi connectivity index (χ4n) is 3.80. The van der Waals surface area contributed by atoms with E-state index in [-0.39, 0.29) is 11.5 Å². The highest BCUT2D eigenvalue weighted by molar-refractivity contribution is 5.94. The van der Waals surface area contributed by atoms with Gasteiger partial charge in [-0.25, -0.2) is 4.52 Å². The third-order valence-electron chi connectivity index (χ3n) is 5.26. The highest BCUT2D eigenvalue weighted by Crippen LogP contribution is 2.26. The van der Waals surface area contributed by atoms with E-state index in [9.17, 15) is 9.59 Å². The Kier molecular flexibility index (Phi) is 4.92. The van der Waals surface area contributed by atoms with Gasteiger partial charge in [0, 0.05) is 23.7 Å². The summed E-state index contributed by atoms with van der Waals surface area (Å²) in [4.78, 5) is 29.4. The fraction of sp³-hybridized carbons (Fsp3) is 0.261. The second-order valence-electron chi connectivity index (χ2n) is 7.36. The first kappa shape index (κ1) is 18.9. The molecule has 1 atom stereocenters. The lowest BCUT2D eigenvalue weighted by Gasteiger charge is -2.20. The van der Waals surface area contributed by atoms with Gasteiger partial charge in [-0.3, -0.25) is 14.3 Å². The molecule has 0 aliphatic heterocycles. The zero-order chi connectivity index (χ0) is 20.5. The number of carbonyl (C=O) groups is 1. The van der Waals surface area contributed by atoms with E-state index in [0.717, 1.165) is 22.2 Å². The number of aromatic nitrogens is 3. The number of nitrogens with one attached hydrogen (secondary N) is 1. The first-order chi connectivity index (χ1) is 14.0. The molecule has 1 N–H and O–H groups in total. The van der Waals surface area contributed by atoms with Gasteiger partial charge in [-0.2, -0.15) is 4.98 Å². The monoisotopic (exact) mass is 388 g/mol. The lowest BCUT2D eigenvalue weighted by Crippen LogP contribution is -2.34. The molecule has 4 aromatic rings. The van der Waals surface area contributed by atoms with Crippen LogP contribution in [0.4, 0.5) is 0 Å². The van der Waals surface area contributed by atoms with Gasteiger partial charge >= 0.3 is 0 Å². The van der Waals surface area contributed by atoms with Crippen molar-refractivity contribution in [1.82, 2.24) is 19.5 Å². The van der Waals surface area contributed by atoms with Crippen LogP contribution in [-0.4, -0.2) is 20.1 Å². The van der Waals surface area contributed by atoms with Crippen molar-refractivity contribution in [3.8, 4) is 0 Å². The minimum atomic E-state index is -0.425. The molecule has 4 rings (SSSR count). The van der Waals surface area contributed by atoms with Gasteiger partial charge in [-0.1, -0.05) is 48.9 Å². The molecule has 0 bridgehead atoms. The standard InChI is InChI=1S/C23H24N4O2/c1-4-19(23(29)24-14-17-11-9-15(2)10-12-17)27-20-8-6-5-7-18(20)22-25-21(28)13-16(3)26(22)27/h5-13,19H,4,14H2,1-3H3,(H,24,29)/t19-/m0/s1. The number of hydrogen-bond acceptors (Lipinski definition) is 3. The van der Waals surface area contributed by atoms with E-state index in [4.69, 9.17) is 0 Å². The molecule has 0 saturated heterocycles. The largest absolute Gasteiger partial charge is 0.350 e. The normalized spacial score (nSPS) is 12.4. The van der Waals surface area contributed by atoms with E-state index in [2.05, 4.69) is 10.3 Å². The van der Waals surface area contributed by atoms with Crippen LogP contribution in [0.1, 0.15) is 36.2 Å². The zero-order valence-corrected chi connectivity index (χ0v) is 16.8. The van der Waals surface area contributed by atoms with E-state index < -0.39 is 6.04 Å². The summed E-state index contributed by atoms with van der Waals surface area (Å²) in [5.74, 6) is -0.0613. The van der Waals surface area contributed by atoms with Crippen LogP contribution < -0.4 is 10.9 Å². The van der Waals surface area contributed by atoms with Gasteiger partial charge in [0.05, 0.1) is 5.52 Å². The van der Waals surface area contributed by atoms with Crippen LogP contribution in [0.2, 0.25) is 0 Å². The van der Waals surface area contributed by atoms with E-state index in [1.165, 1.54) is 11.6 Å². The molecule has 2 heterocycles. The third-order valence-corrected chi connectivity index (χ3v) is 5.26. The number of amides is 1. The summed E-state index contributed by atoms with van der Waals surface area (Å²) in [5, 5.41) is 3.92. The predicted octanol–water partition coefficient (Wildman–Crippen LogP) is 3.53. The van der Waals surface area contributed by atoms with Gasteiger partial charge in [-0.05, 0) is 38.0 Å². The van der Waals surface area contributed by atoms with Gasteiger partial charge in [0.2, 0.25) is 5.91 Å². The molecule has 2 aromatic heterocycles. The minimum absolute atomic E-state index is 0.0613. The Balaban J connectivity index is 1.77. The van der Waals surface area contributed by atoms with Crippen LogP contribution in [0.3, 0.4) is 0 Å². The molecule has 2 aromatic carbocycles. The Morgan fingerprint density at radius 2 is 1.83 bits per heavy atom. The van der Waals surface area contributed by atoms with Crippen molar-refractivity contribution in [3.63, 3.8) is 0 Å². The van der Waals surface area contributed by atoms with Gasteiger partial charge in [0.15, 0.2) is 5.65 Å². The molecular formula is C23H24N4O2. The molecule has 0 radical (unpaired) electrons. The number of fused-ring (bicyclic) bond motifs is 3. The van der Waals surface area contributed by atoms with Crippen molar-refractivity contribution in [1.29, 1.82) is 0 Å². The maximum atomic E-state index is 13.2. The second kappa shape index (κ2) is 7.54. The molecule has 148 valence electrons. The van der Waals surface area contributed by atoms with E-state index in [1.54, 1.807) is 0 Å². The molecule has 0 aliphatic rings. The summed E-state index contributed by atoms with van der Waals surface area (Å²) in [5.41, 5.74) is 4.18. The van der Waals surface area contributed by atoms with Crippen molar-refractivity contribution in [2.24, 2.45) is 0 Å². The van der Waals surface area contributed by atoms with Crippen molar-refractivity contribution < 1.29 is 4.79 Å². The second-order valence-corrected chi connectivity index (χ2v) is 7.36. The lowest BCUT2D eigenvalue weighted by atomic mass is 10.1. The van der Waals surface area contributed by atoms with Crippen LogP contribution >= 0.6 is 0 Å². The number of para-hydroxylation sites is 1. The summed E-state index contributed by atoms with van der Waals surface area (Å²) < 4.78 is 3.84. The molecule has 1 amide bonds. The maximum Gasteiger partial charge on any atom is 0.273 e. The van der Waals surface area contributed by atoms with Crippen molar-refractivity contribution in [2.45, 2.75) is 39.8 Å². The van der Waals surface area contributed by atoms with Crippen LogP contribution in [-0.2, 0) is 11.3 Å². The maximum absolute atomic E-state index is 13.2. The van der Waals surface area contributed by atoms with Crippen molar-refractivity contribution in [2.75, 3.05) is 0 Å². The molecule has 0 aliphatic carbocycles. The third kappa shape index (κ3) is 3.42. The van der Waals surface area contributed by atoms with Crippen molar-refractivity contribution >= 4 is 22.5 Å². The smallest absolute Gasteiger partial charge is 0.273 e. The molecule has 0 fully saturated rings. The first-order valence-electron chi connectivity index (χ1n) is 9.82.